The molecule has 1 radical (unpaired) electrons. The zero-order valence-electron chi connectivity index (χ0n) is 9.85. The largest absolute Gasteiger partial charge is 0.0622 e. The van der Waals surface area contributed by atoms with Crippen molar-refractivity contribution in [3.63, 3.8) is 0 Å². The molecule has 0 aromatic heterocycles. The SMILES string of the molecule is C(#Cc1ccc2cc[c]cc2c1)c1ccccc1. The Hall–Kier alpha value is -2.52. The lowest BCUT2D eigenvalue weighted by atomic mass is 10.1. The molecule has 0 aliphatic rings. The van der Waals surface area contributed by atoms with Crippen molar-refractivity contribution in [3.05, 3.63) is 83.9 Å². The second kappa shape index (κ2) is 4.77. The summed E-state index contributed by atoms with van der Waals surface area (Å²) in [6.07, 6.45) is 0. The molecule has 0 aliphatic carbocycles. The van der Waals surface area contributed by atoms with E-state index in [1.807, 2.05) is 42.5 Å². The van der Waals surface area contributed by atoms with Crippen molar-refractivity contribution in [1.82, 2.24) is 0 Å². The smallest absolute Gasteiger partial charge is 0.0255 e. The minimum atomic E-state index is 1.03. The Labute approximate surface area is 107 Å². The van der Waals surface area contributed by atoms with Gasteiger partial charge in [0.1, 0.15) is 0 Å². The fraction of sp³-hybridized carbons (Fsp3) is 0. The lowest BCUT2D eigenvalue weighted by Gasteiger charge is -1.97. The molecule has 0 heterocycles. The molecule has 0 atom stereocenters. The Morgan fingerprint density at radius 3 is 2.44 bits per heavy atom. The number of fused-ring (bicyclic) bond motifs is 1. The Morgan fingerprint density at radius 1 is 0.722 bits per heavy atom. The molecule has 18 heavy (non-hydrogen) atoms. The molecule has 3 rings (SSSR count). The molecule has 0 spiro atoms. The van der Waals surface area contributed by atoms with Crippen LogP contribution in [0.15, 0.2) is 66.7 Å². The zero-order valence-corrected chi connectivity index (χ0v) is 9.85. The van der Waals surface area contributed by atoms with Crippen molar-refractivity contribution in [2.75, 3.05) is 0 Å². The molecule has 0 N–H and O–H groups in total. The van der Waals surface area contributed by atoms with Crippen molar-refractivity contribution >= 4 is 10.8 Å². The highest BCUT2D eigenvalue weighted by Gasteiger charge is 1.92. The van der Waals surface area contributed by atoms with Crippen molar-refractivity contribution < 1.29 is 0 Å². The first-order valence-electron chi connectivity index (χ1n) is 5.89. The van der Waals surface area contributed by atoms with Gasteiger partial charge in [-0.3, -0.25) is 0 Å². The maximum Gasteiger partial charge on any atom is 0.0255 e. The molecular formula is C18H11. The van der Waals surface area contributed by atoms with Gasteiger partial charge in [0.15, 0.2) is 0 Å². The lowest BCUT2D eigenvalue weighted by molar-refractivity contribution is 1.64. The second-order valence-electron chi connectivity index (χ2n) is 4.10. The van der Waals surface area contributed by atoms with Gasteiger partial charge < -0.3 is 0 Å². The molecule has 0 saturated heterocycles. The van der Waals surface area contributed by atoms with Gasteiger partial charge in [-0.15, -0.1) is 0 Å². The number of rotatable bonds is 0. The fourth-order valence-corrected chi connectivity index (χ4v) is 1.87. The summed E-state index contributed by atoms with van der Waals surface area (Å²) in [7, 11) is 0. The molecule has 83 valence electrons. The van der Waals surface area contributed by atoms with Crippen LogP contribution in [0.25, 0.3) is 10.8 Å². The van der Waals surface area contributed by atoms with Gasteiger partial charge in [0.25, 0.3) is 0 Å². The first-order valence-corrected chi connectivity index (χ1v) is 5.89. The van der Waals surface area contributed by atoms with Gasteiger partial charge >= 0.3 is 0 Å². The maximum absolute atomic E-state index is 3.19. The Kier molecular flexibility index (Phi) is 2.82. The minimum Gasteiger partial charge on any atom is -0.0622 e. The first-order chi connectivity index (χ1) is 8.92. The van der Waals surface area contributed by atoms with E-state index in [4.69, 9.17) is 0 Å². The molecule has 0 fully saturated rings. The molecule has 0 saturated carbocycles. The number of hydrogen-bond donors (Lipinski definition) is 0. The second-order valence-corrected chi connectivity index (χ2v) is 4.10. The molecule has 0 nitrogen and oxygen atoms in total. The summed E-state index contributed by atoms with van der Waals surface area (Å²) in [5, 5.41) is 2.40. The van der Waals surface area contributed by atoms with E-state index in [1.165, 1.54) is 10.8 Å². The third kappa shape index (κ3) is 2.26. The molecule has 3 aromatic rings. The van der Waals surface area contributed by atoms with E-state index in [0.29, 0.717) is 0 Å². The molecule has 0 aliphatic heterocycles. The van der Waals surface area contributed by atoms with E-state index in [9.17, 15) is 0 Å². The van der Waals surface area contributed by atoms with E-state index in [-0.39, 0.29) is 0 Å². The quantitative estimate of drug-likeness (QED) is 0.508. The van der Waals surface area contributed by atoms with Crippen LogP contribution in [0.4, 0.5) is 0 Å². The van der Waals surface area contributed by atoms with Gasteiger partial charge in [-0.1, -0.05) is 48.2 Å². The van der Waals surface area contributed by atoms with Crippen molar-refractivity contribution in [1.29, 1.82) is 0 Å². The molecule has 0 heteroatoms. The Morgan fingerprint density at radius 2 is 1.56 bits per heavy atom. The van der Waals surface area contributed by atoms with Crippen LogP contribution in [0.1, 0.15) is 11.1 Å². The van der Waals surface area contributed by atoms with Gasteiger partial charge in [-0.05, 0) is 47.2 Å². The average molecular weight is 227 g/mol. The normalized spacial score (nSPS) is 9.78. The van der Waals surface area contributed by atoms with Crippen LogP contribution >= 0.6 is 0 Å². The predicted molar refractivity (Wildman–Crippen MR) is 75.2 cm³/mol. The first kappa shape index (κ1) is 10.6. The molecule has 0 unspecified atom stereocenters. The Bertz CT molecular complexity index is 728. The number of hydrogen-bond acceptors (Lipinski definition) is 0. The van der Waals surface area contributed by atoms with E-state index in [0.717, 1.165) is 11.1 Å². The van der Waals surface area contributed by atoms with E-state index >= 15 is 0 Å². The summed E-state index contributed by atoms with van der Waals surface area (Å²) in [5.74, 6) is 6.35. The van der Waals surface area contributed by atoms with Crippen molar-refractivity contribution in [2.45, 2.75) is 0 Å². The van der Waals surface area contributed by atoms with Crippen molar-refractivity contribution in [3.8, 4) is 11.8 Å². The standard InChI is InChI=1S/C18H11/c1-2-6-15(7-3-1)10-11-16-12-13-17-8-4-5-9-18(17)14-16/h1-4,6-9,12-14H. The summed E-state index contributed by atoms with van der Waals surface area (Å²) in [6.45, 7) is 0. The van der Waals surface area contributed by atoms with Crippen molar-refractivity contribution in [2.24, 2.45) is 0 Å². The summed E-state index contributed by atoms with van der Waals surface area (Å²) in [5.41, 5.74) is 2.07. The summed E-state index contributed by atoms with van der Waals surface area (Å²) >= 11 is 0. The number of benzene rings is 3. The van der Waals surface area contributed by atoms with Gasteiger partial charge in [0.05, 0.1) is 0 Å². The topological polar surface area (TPSA) is 0 Å². The summed E-state index contributed by atoms with van der Waals surface area (Å²) in [4.78, 5) is 0. The third-order valence-corrected chi connectivity index (χ3v) is 2.81. The van der Waals surface area contributed by atoms with E-state index < -0.39 is 0 Å². The summed E-state index contributed by atoms with van der Waals surface area (Å²) in [6, 6.07) is 25.3. The van der Waals surface area contributed by atoms with E-state index in [1.54, 1.807) is 0 Å². The van der Waals surface area contributed by atoms with E-state index in [2.05, 4.69) is 42.2 Å². The molecule has 3 aromatic carbocycles. The van der Waals surface area contributed by atoms with Gasteiger partial charge in [-0.25, -0.2) is 0 Å². The van der Waals surface area contributed by atoms with Gasteiger partial charge in [0.2, 0.25) is 0 Å². The minimum absolute atomic E-state index is 1.03. The molecule has 0 bridgehead atoms. The molecule has 0 amide bonds. The highest BCUT2D eigenvalue weighted by atomic mass is 14.0. The monoisotopic (exact) mass is 227 g/mol. The van der Waals surface area contributed by atoms with Gasteiger partial charge in [-0.2, -0.15) is 0 Å². The Balaban J connectivity index is 1.99. The third-order valence-electron chi connectivity index (χ3n) is 2.81. The fourth-order valence-electron chi connectivity index (χ4n) is 1.87. The lowest BCUT2D eigenvalue weighted by Crippen LogP contribution is -1.77. The summed E-state index contributed by atoms with van der Waals surface area (Å²) < 4.78 is 0. The van der Waals surface area contributed by atoms with Crippen LogP contribution in [0.2, 0.25) is 0 Å². The average Bonchev–Trinajstić information content (AvgIpc) is 2.46. The highest BCUT2D eigenvalue weighted by molar-refractivity contribution is 5.83. The highest BCUT2D eigenvalue weighted by Crippen LogP contribution is 2.14. The predicted octanol–water partition coefficient (Wildman–Crippen LogP) is 4.04. The van der Waals surface area contributed by atoms with Crippen LogP contribution < -0.4 is 0 Å². The van der Waals surface area contributed by atoms with Crippen LogP contribution in [-0.2, 0) is 0 Å². The van der Waals surface area contributed by atoms with Crippen LogP contribution in [-0.4, -0.2) is 0 Å². The van der Waals surface area contributed by atoms with Crippen LogP contribution in [0, 0.1) is 17.9 Å². The zero-order chi connectivity index (χ0) is 12.2. The van der Waals surface area contributed by atoms with Crippen LogP contribution in [0.3, 0.4) is 0 Å². The molecular weight excluding hydrogens is 216 g/mol. The van der Waals surface area contributed by atoms with Gasteiger partial charge in [0, 0.05) is 11.1 Å². The maximum atomic E-state index is 3.19. The van der Waals surface area contributed by atoms with Crippen LogP contribution in [0.5, 0.6) is 0 Å².